The standard InChI is InChI=1S/C31H32ClF2N5O3/c1-3-23(40)14-22-12-18(2)27(16-35-22)39-26-7-5-4-6-25(26)38(31(39)42)17-19-8-10-21(11-9-19)37-30(41)24-13-20(32)15-36-28(24)29(33)34/h4-7,12-13,15-16,19,21,29H,3,8-11,14,17H2,1-2H3,(H,37,41). The minimum absolute atomic E-state index is 0.108. The fraction of sp³-hybridized carbons (Fsp3) is 0.387. The third-order valence-corrected chi connectivity index (χ3v) is 8.15. The number of para-hydroxylation sites is 2. The van der Waals surface area contributed by atoms with Crippen LogP contribution in [-0.4, -0.2) is 36.8 Å². The van der Waals surface area contributed by atoms with Gasteiger partial charge in [0.2, 0.25) is 0 Å². The van der Waals surface area contributed by atoms with Crippen molar-refractivity contribution in [3.63, 3.8) is 0 Å². The predicted molar refractivity (Wildman–Crippen MR) is 156 cm³/mol. The molecule has 0 spiro atoms. The van der Waals surface area contributed by atoms with Crippen LogP contribution < -0.4 is 11.0 Å². The van der Waals surface area contributed by atoms with Crippen LogP contribution in [0.3, 0.4) is 0 Å². The summed E-state index contributed by atoms with van der Waals surface area (Å²) in [6.45, 7) is 4.25. The lowest BCUT2D eigenvalue weighted by atomic mass is 9.85. The summed E-state index contributed by atoms with van der Waals surface area (Å²) in [4.78, 5) is 46.6. The van der Waals surface area contributed by atoms with Gasteiger partial charge in [-0.25, -0.2) is 13.6 Å². The van der Waals surface area contributed by atoms with Crippen LogP contribution >= 0.6 is 11.6 Å². The number of amides is 1. The second kappa shape index (κ2) is 12.5. The number of benzene rings is 1. The Hall–Kier alpha value is -3.92. The molecule has 4 aromatic rings. The van der Waals surface area contributed by atoms with Gasteiger partial charge in [0, 0.05) is 37.3 Å². The largest absolute Gasteiger partial charge is 0.349 e. The maximum atomic E-state index is 13.8. The monoisotopic (exact) mass is 595 g/mol. The molecule has 0 atom stereocenters. The Labute approximate surface area is 246 Å². The SMILES string of the molecule is CCC(=O)Cc1cc(C)c(-n2c(=O)n(CC3CCC(NC(=O)c4cc(Cl)cnc4C(F)F)CC3)c3ccccc32)cn1. The zero-order valence-electron chi connectivity index (χ0n) is 23.4. The molecular formula is C31H32ClF2N5O3. The molecular weight excluding hydrogens is 564 g/mol. The minimum Gasteiger partial charge on any atom is -0.349 e. The smallest absolute Gasteiger partial charge is 0.333 e. The van der Waals surface area contributed by atoms with Crippen LogP contribution in [0.1, 0.15) is 72.8 Å². The van der Waals surface area contributed by atoms with E-state index in [1.54, 1.807) is 15.3 Å². The molecule has 220 valence electrons. The first-order chi connectivity index (χ1) is 20.2. The Morgan fingerprint density at radius 1 is 1.07 bits per heavy atom. The first-order valence-electron chi connectivity index (χ1n) is 14.1. The van der Waals surface area contributed by atoms with Crippen LogP contribution in [0.25, 0.3) is 16.7 Å². The van der Waals surface area contributed by atoms with Gasteiger partial charge in [-0.1, -0.05) is 30.7 Å². The van der Waals surface area contributed by atoms with Gasteiger partial charge in [-0.3, -0.25) is 28.7 Å². The average molecular weight is 596 g/mol. The summed E-state index contributed by atoms with van der Waals surface area (Å²) in [7, 11) is 0. The van der Waals surface area contributed by atoms with Crippen LogP contribution in [0.4, 0.5) is 8.78 Å². The van der Waals surface area contributed by atoms with Gasteiger partial charge in [-0.05, 0) is 68.4 Å². The van der Waals surface area contributed by atoms with Crippen molar-refractivity contribution in [3.05, 3.63) is 86.8 Å². The topological polar surface area (TPSA) is 98.9 Å². The Kier molecular flexibility index (Phi) is 8.82. The number of Topliss-reactive ketones (excluding diaryl/α,β-unsaturated/α-hetero) is 1. The molecule has 1 amide bonds. The molecule has 0 aliphatic heterocycles. The number of rotatable bonds is 9. The lowest BCUT2D eigenvalue weighted by Crippen LogP contribution is -2.39. The number of ketones is 1. The van der Waals surface area contributed by atoms with Gasteiger partial charge in [0.05, 0.1) is 33.5 Å². The predicted octanol–water partition coefficient (Wildman–Crippen LogP) is 5.99. The summed E-state index contributed by atoms with van der Waals surface area (Å²) in [5.74, 6) is -0.310. The highest BCUT2D eigenvalue weighted by molar-refractivity contribution is 6.30. The molecule has 3 heterocycles. The Bertz CT molecular complexity index is 1690. The average Bonchev–Trinajstić information content (AvgIpc) is 3.24. The molecule has 5 rings (SSSR count). The second-order valence-corrected chi connectivity index (χ2v) is 11.3. The van der Waals surface area contributed by atoms with Crippen LogP contribution in [0.15, 0.2) is 53.6 Å². The molecule has 42 heavy (non-hydrogen) atoms. The maximum absolute atomic E-state index is 13.8. The van der Waals surface area contributed by atoms with Gasteiger partial charge in [0.15, 0.2) is 0 Å². The van der Waals surface area contributed by atoms with Crippen molar-refractivity contribution in [1.82, 2.24) is 24.4 Å². The Morgan fingerprint density at radius 2 is 1.79 bits per heavy atom. The van der Waals surface area contributed by atoms with E-state index in [9.17, 15) is 23.2 Å². The normalized spacial score (nSPS) is 17.1. The van der Waals surface area contributed by atoms with E-state index in [-0.39, 0.29) is 40.4 Å². The van der Waals surface area contributed by atoms with Gasteiger partial charge < -0.3 is 5.32 Å². The number of alkyl halides is 2. The first-order valence-corrected chi connectivity index (χ1v) is 14.5. The Balaban J connectivity index is 1.31. The fourth-order valence-corrected chi connectivity index (χ4v) is 5.86. The molecule has 8 nitrogen and oxygen atoms in total. The number of imidazole rings is 1. The second-order valence-electron chi connectivity index (χ2n) is 10.8. The maximum Gasteiger partial charge on any atom is 0.333 e. The molecule has 11 heteroatoms. The number of pyridine rings is 2. The summed E-state index contributed by atoms with van der Waals surface area (Å²) in [6, 6.07) is 10.5. The van der Waals surface area contributed by atoms with Gasteiger partial charge in [0.25, 0.3) is 12.3 Å². The summed E-state index contributed by atoms with van der Waals surface area (Å²) < 4.78 is 30.2. The van der Waals surface area contributed by atoms with Crippen molar-refractivity contribution in [2.45, 2.75) is 71.4 Å². The van der Waals surface area contributed by atoms with E-state index in [0.29, 0.717) is 37.2 Å². The van der Waals surface area contributed by atoms with Crippen molar-refractivity contribution in [1.29, 1.82) is 0 Å². The lowest BCUT2D eigenvalue weighted by molar-refractivity contribution is -0.118. The number of aryl methyl sites for hydroxylation is 1. The van der Waals surface area contributed by atoms with E-state index in [0.717, 1.165) is 35.6 Å². The summed E-state index contributed by atoms with van der Waals surface area (Å²) in [6.07, 6.45) is 3.41. The number of hydrogen-bond acceptors (Lipinski definition) is 5. The third-order valence-electron chi connectivity index (χ3n) is 7.95. The van der Waals surface area contributed by atoms with Crippen LogP contribution in [0.2, 0.25) is 5.02 Å². The van der Waals surface area contributed by atoms with Crippen LogP contribution in [0.5, 0.6) is 0 Å². The number of hydrogen-bond donors (Lipinski definition) is 1. The molecule has 1 aliphatic rings. The van der Waals surface area contributed by atoms with Crippen molar-refractivity contribution in [3.8, 4) is 5.69 Å². The van der Waals surface area contributed by atoms with Crippen molar-refractivity contribution >= 4 is 34.3 Å². The summed E-state index contributed by atoms with van der Waals surface area (Å²) in [5, 5.41) is 2.98. The van der Waals surface area contributed by atoms with E-state index >= 15 is 0 Å². The molecule has 1 N–H and O–H groups in total. The van der Waals surface area contributed by atoms with E-state index in [4.69, 9.17) is 11.6 Å². The van der Waals surface area contributed by atoms with Crippen molar-refractivity contribution < 1.29 is 18.4 Å². The number of nitrogens with one attached hydrogen (secondary N) is 1. The molecule has 0 radical (unpaired) electrons. The zero-order valence-corrected chi connectivity index (χ0v) is 24.2. The van der Waals surface area contributed by atoms with Crippen molar-refractivity contribution in [2.75, 3.05) is 0 Å². The number of carbonyl (C=O) groups excluding carboxylic acids is 2. The zero-order chi connectivity index (χ0) is 30.0. The number of nitrogens with zero attached hydrogens (tertiary/aromatic N) is 4. The molecule has 0 unspecified atom stereocenters. The summed E-state index contributed by atoms with van der Waals surface area (Å²) in [5.41, 5.74) is 2.83. The van der Waals surface area contributed by atoms with Crippen molar-refractivity contribution in [2.24, 2.45) is 5.92 Å². The number of aromatic nitrogens is 4. The van der Waals surface area contributed by atoms with E-state index in [1.807, 2.05) is 44.2 Å². The van der Waals surface area contributed by atoms with Gasteiger partial charge in [0.1, 0.15) is 11.5 Å². The summed E-state index contributed by atoms with van der Waals surface area (Å²) >= 11 is 5.91. The van der Waals surface area contributed by atoms with Crippen LogP contribution in [-0.2, 0) is 17.8 Å². The van der Waals surface area contributed by atoms with Gasteiger partial charge >= 0.3 is 5.69 Å². The molecule has 0 saturated heterocycles. The molecule has 1 saturated carbocycles. The lowest BCUT2D eigenvalue weighted by Gasteiger charge is -2.29. The highest BCUT2D eigenvalue weighted by Crippen LogP contribution is 2.29. The third kappa shape index (κ3) is 6.13. The minimum atomic E-state index is -2.89. The number of fused-ring (bicyclic) bond motifs is 1. The quantitative estimate of drug-likeness (QED) is 0.256. The molecule has 3 aromatic heterocycles. The van der Waals surface area contributed by atoms with Gasteiger partial charge in [-0.15, -0.1) is 0 Å². The van der Waals surface area contributed by atoms with E-state index in [1.165, 1.54) is 6.07 Å². The molecule has 1 aromatic carbocycles. The molecule has 1 fully saturated rings. The first kappa shape index (κ1) is 29.6. The van der Waals surface area contributed by atoms with Crippen LogP contribution in [0, 0.1) is 12.8 Å². The molecule has 1 aliphatic carbocycles. The fourth-order valence-electron chi connectivity index (χ4n) is 5.70. The number of carbonyl (C=O) groups is 2. The van der Waals surface area contributed by atoms with E-state index < -0.39 is 18.0 Å². The molecule has 0 bridgehead atoms. The van der Waals surface area contributed by atoms with Gasteiger partial charge in [-0.2, -0.15) is 0 Å². The Morgan fingerprint density at radius 3 is 2.45 bits per heavy atom. The van der Waals surface area contributed by atoms with E-state index in [2.05, 4.69) is 15.3 Å². The number of halogens is 3. The highest BCUT2D eigenvalue weighted by atomic mass is 35.5. The highest BCUT2D eigenvalue weighted by Gasteiger charge is 2.27.